The summed E-state index contributed by atoms with van der Waals surface area (Å²) in [6, 6.07) is 4.15. The van der Waals surface area contributed by atoms with E-state index in [1.54, 1.807) is 0 Å². The van der Waals surface area contributed by atoms with Crippen LogP contribution in [0.4, 0.5) is 0 Å². The first-order valence-electron chi connectivity index (χ1n) is 8.40. The molecule has 1 aliphatic rings. The number of carbonyl (C=O) groups is 1. The van der Waals surface area contributed by atoms with Crippen LogP contribution in [0.3, 0.4) is 0 Å². The van der Waals surface area contributed by atoms with Crippen LogP contribution in [0.2, 0.25) is 0 Å². The van der Waals surface area contributed by atoms with Crippen molar-refractivity contribution in [1.29, 1.82) is 0 Å². The van der Waals surface area contributed by atoms with Crippen LogP contribution in [0.5, 0.6) is 0 Å². The van der Waals surface area contributed by atoms with Gasteiger partial charge in [0, 0.05) is 12.6 Å². The van der Waals surface area contributed by atoms with Crippen molar-refractivity contribution >= 4 is 17.2 Å². The molecule has 1 aliphatic heterocycles. The highest BCUT2D eigenvalue weighted by Crippen LogP contribution is 2.27. The quantitative estimate of drug-likeness (QED) is 0.716. The van der Waals surface area contributed by atoms with Gasteiger partial charge in [0.2, 0.25) is 0 Å². The summed E-state index contributed by atoms with van der Waals surface area (Å²) in [5.74, 6) is 0.340. The van der Waals surface area contributed by atoms with Crippen molar-refractivity contribution in [2.24, 2.45) is 0 Å². The second kappa shape index (κ2) is 8.41. The van der Waals surface area contributed by atoms with Crippen LogP contribution in [0.1, 0.15) is 36.2 Å². The van der Waals surface area contributed by atoms with E-state index in [0.717, 1.165) is 37.2 Å². The third kappa shape index (κ3) is 4.03. The Bertz CT molecular complexity index is 641. The summed E-state index contributed by atoms with van der Waals surface area (Å²) in [5, 5.41) is 14.2. The van der Waals surface area contributed by atoms with E-state index in [-0.39, 0.29) is 12.5 Å². The fraction of sp³-hybridized carbons (Fsp3) is 0.529. The van der Waals surface area contributed by atoms with Gasteiger partial charge in [-0.05, 0) is 50.2 Å². The number of aliphatic hydroxyl groups excluding tert-OH is 1. The highest BCUT2D eigenvalue weighted by molar-refractivity contribution is 7.13. The van der Waals surface area contributed by atoms with E-state index in [9.17, 15) is 9.90 Å². The summed E-state index contributed by atoms with van der Waals surface area (Å²) >= 11 is 1.52. The first kappa shape index (κ1) is 17.1. The van der Waals surface area contributed by atoms with E-state index in [0.29, 0.717) is 24.0 Å². The lowest BCUT2D eigenvalue weighted by Crippen LogP contribution is -2.33. The summed E-state index contributed by atoms with van der Waals surface area (Å²) in [7, 11) is 0. The molecule has 3 heterocycles. The van der Waals surface area contributed by atoms with Crippen LogP contribution in [0.15, 0.2) is 28.3 Å². The second-order valence-electron chi connectivity index (χ2n) is 5.98. The molecule has 6 nitrogen and oxygen atoms in total. The largest absolute Gasteiger partial charge is 0.442 e. The third-order valence-corrected chi connectivity index (χ3v) is 5.26. The standard InChI is InChI=1S/C17H23N3O3S/c21-11-13-5-3-9-20(13)8-2-1-7-18-17(22)15-16(23-12-19-15)14-6-4-10-24-14/h4,6,10,12-13,21H,1-3,5,7-9,11H2,(H,18,22). The molecule has 1 unspecified atom stereocenters. The topological polar surface area (TPSA) is 78.6 Å². The molecular weight excluding hydrogens is 326 g/mol. The van der Waals surface area contributed by atoms with Gasteiger partial charge >= 0.3 is 0 Å². The predicted molar refractivity (Wildman–Crippen MR) is 93.1 cm³/mol. The summed E-state index contributed by atoms with van der Waals surface area (Å²) in [6.07, 6.45) is 5.48. The molecule has 0 bridgehead atoms. The van der Waals surface area contributed by atoms with E-state index >= 15 is 0 Å². The first-order valence-corrected chi connectivity index (χ1v) is 9.28. The molecule has 2 N–H and O–H groups in total. The molecule has 3 rings (SSSR count). The van der Waals surface area contributed by atoms with E-state index in [1.807, 2.05) is 17.5 Å². The van der Waals surface area contributed by atoms with Gasteiger partial charge in [-0.2, -0.15) is 0 Å². The fourth-order valence-corrected chi connectivity index (χ4v) is 3.83. The molecule has 2 aromatic heterocycles. The minimum Gasteiger partial charge on any atom is -0.442 e. The van der Waals surface area contributed by atoms with Crippen molar-refractivity contribution in [1.82, 2.24) is 15.2 Å². The van der Waals surface area contributed by atoms with Gasteiger partial charge in [-0.15, -0.1) is 11.3 Å². The lowest BCUT2D eigenvalue weighted by molar-refractivity contribution is 0.0948. The molecule has 1 atom stereocenters. The van der Waals surface area contributed by atoms with E-state index in [2.05, 4.69) is 15.2 Å². The number of aromatic nitrogens is 1. The van der Waals surface area contributed by atoms with Crippen molar-refractivity contribution in [2.75, 3.05) is 26.2 Å². The average molecular weight is 349 g/mol. The van der Waals surface area contributed by atoms with Crippen molar-refractivity contribution in [3.63, 3.8) is 0 Å². The number of likely N-dealkylation sites (tertiary alicyclic amines) is 1. The van der Waals surface area contributed by atoms with Crippen molar-refractivity contribution in [2.45, 2.75) is 31.7 Å². The average Bonchev–Trinajstić information content (AvgIpc) is 3.33. The predicted octanol–water partition coefficient (Wildman–Crippen LogP) is 2.37. The van der Waals surface area contributed by atoms with Crippen LogP contribution in [0.25, 0.3) is 10.6 Å². The molecule has 24 heavy (non-hydrogen) atoms. The van der Waals surface area contributed by atoms with Gasteiger partial charge in [-0.3, -0.25) is 9.69 Å². The molecule has 0 radical (unpaired) electrons. The highest BCUT2D eigenvalue weighted by atomic mass is 32.1. The summed E-state index contributed by atoms with van der Waals surface area (Å²) in [6.45, 7) is 2.91. The number of unbranched alkanes of at least 4 members (excludes halogenated alkanes) is 1. The number of amides is 1. The SMILES string of the molecule is O=C(NCCCCN1CCCC1CO)c1ncoc1-c1cccs1. The second-order valence-corrected chi connectivity index (χ2v) is 6.93. The van der Waals surface area contributed by atoms with Gasteiger partial charge in [0.05, 0.1) is 11.5 Å². The Balaban J connectivity index is 1.41. The molecule has 0 aromatic carbocycles. The normalized spacial score (nSPS) is 18.1. The van der Waals surface area contributed by atoms with Crippen LogP contribution >= 0.6 is 11.3 Å². The van der Waals surface area contributed by atoms with Gasteiger partial charge in [0.1, 0.15) is 0 Å². The monoisotopic (exact) mass is 349 g/mol. The Hall–Kier alpha value is -1.70. The smallest absolute Gasteiger partial charge is 0.273 e. The number of nitrogens with one attached hydrogen (secondary N) is 1. The Morgan fingerprint density at radius 1 is 1.50 bits per heavy atom. The number of aliphatic hydroxyl groups is 1. The highest BCUT2D eigenvalue weighted by Gasteiger charge is 2.23. The first-order chi connectivity index (χ1) is 11.8. The number of thiophene rings is 1. The summed E-state index contributed by atoms with van der Waals surface area (Å²) < 4.78 is 5.36. The Morgan fingerprint density at radius 2 is 2.42 bits per heavy atom. The maximum Gasteiger partial charge on any atom is 0.273 e. The molecule has 1 fully saturated rings. The number of oxazole rings is 1. The van der Waals surface area contributed by atoms with Crippen LogP contribution < -0.4 is 5.32 Å². The molecule has 1 amide bonds. The number of carbonyl (C=O) groups excluding carboxylic acids is 1. The van der Waals surface area contributed by atoms with Crippen molar-refractivity contribution < 1.29 is 14.3 Å². The Kier molecular flexibility index (Phi) is 6.01. The molecule has 0 aliphatic carbocycles. The van der Waals surface area contributed by atoms with E-state index < -0.39 is 0 Å². The van der Waals surface area contributed by atoms with Crippen LogP contribution in [-0.2, 0) is 0 Å². The van der Waals surface area contributed by atoms with E-state index in [1.165, 1.54) is 24.2 Å². The number of rotatable bonds is 8. The maximum absolute atomic E-state index is 12.3. The molecule has 7 heteroatoms. The molecule has 1 saturated heterocycles. The van der Waals surface area contributed by atoms with Gasteiger partial charge in [0.15, 0.2) is 17.8 Å². The maximum atomic E-state index is 12.3. The van der Waals surface area contributed by atoms with Crippen molar-refractivity contribution in [3.05, 3.63) is 29.6 Å². The summed E-state index contributed by atoms with van der Waals surface area (Å²) in [4.78, 5) is 19.6. The molecular formula is C17H23N3O3S. The lowest BCUT2D eigenvalue weighted by Gasteiger charge is -2.22. The molecule has 2 aromatic rings. The molecule has 130 valence electrons. The Morgan fingerprint density at radius 3 is 3.21 bits per heavy atom. The van der Waals surface area contributed by atoms with Gasteiger partial charge < -0.3 is 14.8 Å². The summed E-state index contributed by atoms with van der Waals surface area (Å²) in [5.41, 5.74) is 0.345. The zero-order valence-corrected chi connectivity index (χ0v) is 14.4. The Labute approximate surface area is 145 Å². The van der Waals surface area contributed by atoms with Gasteiger partial charge in [-0.25, -0.2) is 4.98 Å². The fourth-order valence-electron chi connectivity index (χ4n) is 3.11. The minimum absolute atomic E-state index is 0.193. The lowest BCUT2D eigenvalue weighted by atomic mass is 10.2. The van der Waals surface area contributed by atoms with Crippen LogP contribution in [-0.4, -0.2) is 53.2 Å². The number of hydrogen-bond donors (Lipinski definition) is 2. The minimum atomic E-state index is -0.193. The zero-order valence-electron chi connectivity index (χ0n) is 13.6. The third-order valence-electron chi connectivity index (χ3n) is 4.39. The van der Waals surface area contributed by atoms with Crippen LogP contribution in [0, 0.1) is 0 Å². The number of nitrogens with zero attached hydrogens (tertiary/aromatic N) is 2. The van der Waals surface area contributed by atoms with E-state index in [4.69, 9.17) is 4.42 Å². The number of hydrogen-bond acceptors (Lipinski definition) is 6. The zero-order chi connectivity index (χ0) is 16.8. The molecule has 0 spiro atoms. The molecule has 0 saturated carbocycles. The van der Waals surface area contributed by atoms with Gasteiger partial charge in [-0.1, -0.05) is 6.07 Å². The van der Waals surface area contributed by atoms with Crippen molar-refractivity contribution in [3.8, 4) is 10.6 Å². The van der Waals surface area contributed by atoms with Gasteiger partial charge in [0.25, 0.3) is 5.91 Å².